The van der Waals surface area contributed by atoms with Gasteiger partial charge in [-0.1, -0.05) is 30.3 Å². The minimum absolute atomic E-state index is 0.237. The van der Waals surface area contributed by atoms with Crippen molar-refractivity contribution in [2.24, 2.45) is 0 Å². The van der Waals surface area contributed by atoms with Crippen LogP contribution in [0.1, 0.15) is 37.7 Å². The van der Waals surface area contributed by atoms with Crippen LogP contribution >= 0.6 is 0 Å². The highest BCUT2D eigenvalue weighted by atomic mass is 16.5. The third-order valence-electron chi connectivity index (χ3n) is 5.02. The van der Waals surface area contributed by atoms with E-state index in [2.05, 4.69) is 4.57 Å². The first-order chi connectivity index (χ1) is 14.4. The number of aromatic nitrogens is 1. The van der Waals surface area contributed by atoms with Crippen molar-refractivity contribution in [2.75, 3.05) is 20.8 Å². The molecule has 0 saturated carbocycles. The molecule has 0 N–H and O–H groups in total. The van der Waals surface area contributed by atoms with E-state index in [4.69, 9.17) is 14.2 Å². The van der Waals surface area contributed by atoms with Gasteiger partial charge in [-0.25, -0.2) is 4.79 Å². The van der Waals surface area contributed by atoms with Crippen LogP contribution in [0.3, 0.4) is 0 Å². The van der Waals surface area contributed by atoms with E-state index in [0.29, 0.717) is 23.6 Å². The minimum Gasteiger partial charge on any atom is -0.497 e. The van der Waals surface area contributed by atoms with Gasteiger partial charge in [-0.3, -0.25) is 4.79 Å². The molecule has 6 nitrogen and oxygen atoms in total. The molecule has 0 saturated heterocycles. The highest BCUT2D eigenvalue weighted by Gasteiger charge is 2.20. The summed E-state index contributed by atoms with van der Waals surface area (Å²) < 4.78 is 17.7. The van der Waals surface area contributed by atoms with Crippen LogP contribution in [0.25, 0.3) is 0 Å². The Morgan fingerprint density at radius 1 is 0.900 bits per heavy atom. The van der Waals surface area contributed by atoms with E-state index in [-0.39, 0.29) is 18.0 Å². The van der Waals surface area contributed by atoms with Crippen LogP contribution in [0.15, 0.2) is 54.6 Å². The Balaban J connectivity index is 1.71. The number of ketones is 1. The summed E-state index contributed by atoms with van der Waals surface area (Å²) in [6.45, 7) is 4.19. The molecule has 0 bridgehead atoms. The minimum atomic E-state index is -0.624. The molecule has 0 atom stereocenters. The maximum atomic E-state index is 12.7. The average molecular weight is 407 g/mol. The van der Waals surface area contributed by atoms with Crippen molar-refractivity contribution in [1.29, 1.82) is 0 Å². The van der Waals surface area contributed by atoms with E-state index in [1.807, 2.05) is 50.2 Å². The first-order valence-electron chi connectivity index (χ1n) is 9.57. The zero-order valence-corrected chi connectivity index (χ0v) is 17.6. The molecule has 30 heavy (non-hydrogen) atoms. The lowest BCUT2D eigenvalue weighted by Crippen LogP contribution is -2.16. The van der Waals surface area contributed by atoms with E-state index >= 15 is 0 Å². The lowest BCUT2D eigenvalue weighted by molar-refractivity contribution is 0.0471. The third-order valence-corrected chi connectivity index (χ3v) is 5.02. The van der Waals surface area contributed by atoms with Gasteiger partial charge in [-0.05, 0) is 37.6 Å². The molecule has 0 aliphatic heterocycles. The molecule has 0 aliphatic carbocycles. The maximum absolute atomic E-state index is 12.7. The molecule has 0 unspecified atom stereocenters. The summed E-state index contributed by atoms with van der Waals surface area (Å²) in [5, 5.41) is 0. The number of aryl methyl sites for hydroxylation is 1. The van der Waals surface area contributed by atoms with Gasteiger partial charge in [0, 0.05) is 29.6 Å². The Labute approximate surface area is 176 Å². The van der Waals surface area contributed by atoms with Crippen LogP contribution in [-0.2, 0) is 11.3 Å². The standard InChI is InChI=1S/C24H25NO5/c1-16-12-21(17(2)25(16)14-18-8-6-5-7-9-18)22(26)15-30-24(27)20-11-10-19(28-3)13-23(20)29-4/h5-13H,14-15H2,1-4H3. The smallest absolute Gasteiger partial charge is 0.342 e. The van der Waals surface area contributed by atoms with Crippen molar-refractivity contribution in [3.05, 3.63) is 82.7 Å². The second kappa shape index (κ2) is 9.31. The molecule has 1 heterocycles. The molecule has 156 valence electrons. The van der Waals surface area contributed by atoms with Gasteiger partial charge < -0.3 is 18.8 Å². The maximum Gasteiger partial charge on any atom is 0.342 e. The Kier molecular flexibility index (Phi) is 6.57. The number of benzene rings is 2. The first-order valence-corrected chi connectivity index (χ1v) is 9.57. The molecule has 1 aromatic heterocycles. The van der Waals surface area contributed by atoms with Gasteiger partial charge in [0.2, 0.25) is 5.78 Å². The largest absolute Gasteiger partial charge is 0.497 e. The van der Waals surface area contributed by atoms with Gasteiger partial charge in [0.15, 0.2) is 6.61 Å². The fourth-order valence-electron chi connectivity index (χ4n) is 3.35. The lowest BCUT2D eigenvalue weighted by Gasteiger charge is -2.11. The van der Waals surface area contributed by atoms with Gasteiger partial charge in [0.25, 0.3) is 0 Å². The van der Waals surface area contributed by atoms with Crippen LogP contribution < -0.4 is 9.47 Å². The van der Waals surface area contributed by atoms with Gasteiger partial charge in [-0.2, -0.15) is 0 Å². The summed E-state index contributed by atoms with van der Waals surface area (Å²) in [5.41, 5.74) is 3.76. The Bertz CT molecular complexity index is 1050. The summed E-state index contributed by atoms with van der Waals surface area (Å²) in [7, 11) is 2.98. The molecule has 0 amide bonds. The van der Waals surface area contributed by atoms with E-state index in [1.165, 1.54) is 14.2 Å². The van der Waals surface area contributed by atoms with Crippen molar-refractivity contribution in [1.82, 2.24) is 4.57 Å². The fraction of sp³-hybridized carbons (Fsp3) is 0.250. The number of carbonyl (C=O) groups is 2. The molecule has 6 heteroatoms. The zero-order chi connectivity index (χ0) is 21.7. The van der Waals surface area contributed by atoms with Gasteiger partial charge in [0.1, 0.15) is 17.1 Å². The molecule has 3 aromatic rings. The number of hydrogen-bond acceptors (Lipinski definition) is 5. The number of Topliss-reactive ketones (excluding diaryl/α,β-unsaturated/α-hetero) is 1. The number of hydrogen-bond donors (Lipinski definition) is 0. The van der Waals surface area contributed by atoms with Crippen LogP contribution in [0.4, 0.5) is 0 Å². The van der Waals surface area contributed by atoms with Gasteiger partial charge >= 0.3 is 5.97 Å². The summed E-state index contributed by atoms with van der Waals surface area (Å²) in [6, 6.07) is 16.7. The number of carbonyl (C=O) groups excluding carboxylic acids is 2. The van der Waals surface area contributed by atoms with E-state index in [0.717, 1.165) is 17.0 Å². The second-order valence-electron chi connectivity index (χ2n) is 6.92. The Morgan fingerprint density at radius 2 is 1.63 bits per heavy atom. The number of ether oxygens (including phenoxy) is 3. The Hall–Kier alpha value is -3.54. The van der Waals surface area contributed by atoms with Crippen LogP contribution in [0.5, 0.6) is 11.5 Å². The van der Waals surface area contributed by atoms with Crippen molar-refractivity contribution in [2.45, 2.75) is 20.4 Å². The first kappa shape index (κ1) is 21.2. The third kappa shape index (κ3) is 4.54. The predicted octanol–water partition coefficient (Wildman–Crippen LogP) is 4.21. The Morgan fingerprint density at radius 3 is 2.30 bits per heavy atom. The number of esters is 1. The van der Waals surface area contributed by atoms with E-state index in [9.17, 15) is 9.59 Å². The number of nitrogens with zero attached hydrogens (tertiary/aromatic N) is 1. The molecule has 0 spiro atoms. The molecular weight excluding hydrogens is 382 g/mol. The van der Waals surface area contributed by atoms with Crippen LogP contribution in [0.2, 0.25) is 0 Å². The van der Waals surface area contributed by atoms with Gasteiger partial charge in [-0.15, -0.1) is 0 Å². The highest BCUT2D eigenvalue weighted by molar-refractivity contribution is 6.01. The normalized spacial score (nSPS) is 10.5. The van der Waals surface area contributed by atoms with Gasteiger partial charge in [0.05, 0.1) is 14.2 Å². The average Bonchev–Trinajstić information content (AvgIpc) is 3.05. The molecule has 0 aliphatic rings. The molecule has 0 fully saturated rings. The quantitative estimate of drug-likeness (QED) is 0.413. The summed E-state index contributed by atoms with van der Waals surface area (Å²) in [4.78, 5) is 25.2. The van der Waals surface area contributed by atoms with E-state index < -0.39 is 5.97 Å². The molecule has 0 radical (unpaired) electrons. The summed E-state index contributed by atoms with van der Waals surface area (Å²) in [6.07, 6.45) is 0. The van der Waals surface area contributed by atoms with Crippen molar-refractivity contribution >= 4 is 11.8 Å². The zero-order valence-electron chi connectivity index (χ0n) is 17.6. The van der Waals surface area contributed by atoms with Crippen molar-refractivity contribution in [3.63, 3.8) is 0 Å². The van der Waals surface area contributed by atoms with Crippen molar-refractivity contribution in [3.8, 4) is 11.5 Å². The topological polar surface area (TPSA) is 66.8 Å². The SMILES string of the molecule is COc1ccc(C(=O)OCC(=O)c2cc(C)n(Cc3ccccc3)c2C)c(OC)c1. The highest BCUT2D eigenvalue weighted by Crippen LogP contribution is 2.25. The second-order valence-corrected chi connectivity index (χ2v) is 6.92. The molecule has 2 aromatic carbocycles. The predicted molar refractivity (Wildman–Crippen MR) is 114 cm³/mol. The van der Waals surface area contributed by atoms with Crippen molar-refractivity contribution < 1.29 is 23.8 Å². The molecule has 3 rings (SSSR count). The molecular formula is C24H25NO5. The number of rotatable bonds is 8. The summed E-state index contributed by atoms with van der Waals surface area (Å²) in [5.74, 6) is 0.0161. The fourth-order valence-corrected chi connectivity index (χ4v) is 3.35. The van der Waals surface area contributed by atoms with E-state index in [1.54, 1.807) is 18.2 Å². The monoisotopic (exact) mass is 407 g/mol. The number of methoxy groups -OCH3 is 2. The lowest BCUT2D eigenvalue weighted by atomic mass is 10.1. The van der Waals surface area contributed by atoms with Crippen LogP contribution in [0, 0.1) is 13.8 Å². The van der Waals surface area contributed by atoms with Crippen LogP contribution in [-0.4, -0.2) is 37.1 Å². The summed E-state index contributed by atoms with van der Waals surface area (Å²) >= 11 is 0.